The van der Waals surface area contributed by atoms with Gasteiger partial charge in [0.1, 0.15) is 29.0 Å². The monoisotopic (exact) mass is 972 g/mol. The van der Waals surface area contributed by atoms with Gasteiger partial charge in [-0.15, -0.1) is 0 Å². The minimum Gasteiger partial charge on any atom is -0.439 e. The summed E-state index contributed by atoms with van der Waals surface area (Å²) in [5, 5.41) is 17.3. The third kappa shape index (κ3) is 8.62. The number of amides is 5. The first-order valence-corrected chi connectivity index (χ1v) is 24.6. The molecule has 1 aliphatic carbocycles. The number of urea groups is 1. The molecule has 3 N–H and O–H groups in total. The number of fused-ring (bicyclic) bond motifs is 2. The van der Waals surface area contributed by atoms with Crippen LogP contribution in [0.25, 0.3) is 44.7 Å². The number of nitrogen functional groups attached to an aromatic ring is 1. The fourth-order valence-corrected chi connectivity index (χ4v) is 10.8. The van der Waals surface area contributed by atoms with Crippen molar-refractivity contribution >= 4 is 63.2 Å². The molecule has 5 amide bonds. The summed E-state index contributed by atoms with van der Waals surface area (Å²) in [6.07, 6.45) is 7.17. The second-order valence-corrected chi connectivity index (χ2v) is 19.7. The molecule has 6 aromatic rings. The van der Waals surface area contributed by atoms with Crippen molar-refractivity contribution in [2.45, 2.75) is 77.2 Å². The number of halogens is 1. The lowest BCUT2D eigenvalue weighted by molar-refractivity contribution is -0.133. The van der Waals surface area contributed by atoms with E-state index >= 15 is 4.39 Å². The smallest absolute Gasteiger partial charge is 0.410 e. The van der Waals surface area contributed by atoms with E-state index in [1.807, 2.05) is 36.5 Å². The van der Waals surface area contributed by atoms with Gasteiger partial charge in [-0.25, -0.2) is 38.6 Å². The first-order chi connectivity index (χ1) is 34.3. The largest absolute Gasteiger partial charge is 0.439 e. The van der Waals surface area contributed by atoms with Crippen LogP contribution in [0.2, 0.25) is 0 Å². The minimum atomic E-state index is -0.567. The molecule has 23 heteroatoms. The number of benzene rings is 1. The Morgan fingerprint density at radius 2 is 1.70 bits per heavy atom. The van der Waals surface area contributed by atoms with Gasteiger partial charge in [0, 0.05) is 108 Å². The summed E-state index contributed by atoms with van der Waals surface area (Å²) in [6, 6.07) is 2.96. The fourth-order valence-electron chi connectivity index (χ4n) is 10.8. The van der Waals surface area contributed by atoms with Gasteiger partial charge in [-0.2, -0.15) is 10.2 Å². The van der Waals surface area contributed by atoms with Gasteiger partial charge in [-0.3, -0.25) is 29.4 Å². The van der Waals surface area contributed by atoms with Crippen molar-refractivity contribution in [1.29, 1.82) is 0 Å². The molecule has 1 saturated carbocycles. The van der Waals surface area contributed by atoms with Crippen molar-refractivity contribution < 1.29 is 32.8 Å². The van der Waals surface area contributed by atoms with Crippen LogP contribution in [0.1, 0.15) is 87.3 Å². The van der Waals surface area contributed by atoms with E-state index in [0.29, 0.717) is 114 Å². The van der Waals surface area contributed by atoms with Crippen LogP contribution in [0, 0.1) is 18.7 Å². The number of imide groups is 1. The third-order valence-electron chi connectivity index (χ3n) is 14.7. The summed E-state index contributed by atoms with van der Waals surface area (Å²) in [4.78, 5) is 78.6. The molecule has 1 aromatic carbocycles. The van der Waals surface area contributed by atoms with Crippen LogP contribution in [0.15, 0.2) is 29.2 Å². The number of hydrogen-bond donors (Lipinski definition) is 2. The number of piperazine rings is 1. The Labute approximate surface area is 407 Å². The molecule has 5 fully saturated rings. The van der Waals surface area contributed by atoms with E-state index in [2.05, 4.69) is 30.4 Å². The third-order valence-corrected chi connectivity index (χ3v) is 14.7. The van der Waals surface area contributed by atoms with Gasteiger partial charge in [-0.1, -0.05) is 5.16 Å². The van der Waals surface area contributed by atoms with E-state index in [0.717, 1.165) is 55.9 Å². The van der Waals surface area contributed by atoms with Gasteiger partial charge in [0.25, 0.3) is 5.91 Å². The van der Waals surface area contributed by atoms with Crippen LogP contribution in [0.4, 0.5) is 31.3 Å². The predicted octanol–water partition coefficient (Wildman–Crippen LogP) is 4.75. The number of piperidine rings is 1. The lowest BCUT2D eigenvalue weighted by Crippen LogP contribution is -2.49. The number of nitrogens with two attached hydrogens (primary N) is 1. The zero-order valence-corrected chi connectivity index (χ0v) is 40.3. The molecule has 1 atom stereocenters. The summed E-state index contributed by atoms with van der Waals surface area (Å²) >= 11 is 0. The van der Waals surface area contributed by atoms with E-state index in [4.69, 9.17) is 30.1 Å². The lowest BCUT2D eigenvalue weighted by Gasteiger charge is -2.37. The van der Waals surface area contributed by atoms with Gasteiger partial charge < -0.3 is 29.7 Å². The first kappa shape index (κ1) is 46.1. The summed E-state index contributed by atoms with van der Waals surface area (Å²) in [5.41, 5.74) is 11.4. The molecule has 22 nitrogen and oxygen atoms in total. The molecule has 0 spiro atoms. The van der Waals surface area contributed by atoms with Crippen molar-refractivity contribution in [2.24, 2.45) is 13.0 Å². The Hall–Kier alpha value is -7.30. The van der Waals surface area contributed by atoms with Gasteiger partial charge in [0.2, 0.25) is 5.91 Å². The quantitative estimate of drug-likeness (QED) is 0.178. The summed E-state index contributed by atoms with van der Waals surface area (Å²) < 4.78 is 30.9. The van der Waals surface area contributed by atoms with E-state index in [-0.39, 0.29) is 55.2 Å². The number of rotatable bonds is 11. The van der Waals surface area contributed by atoms with Crippen molar-refractivity contribution in [2.75, 3.05) is 87.6 Å². The lowest BCUT2D eigenvalue weighted by atomic mass is 9.89. The molecule has 71 heavy (non-hydrogen) atoms. The van der Waals surface area contributed by atoms with Crippen LogP contribution in [-0.2, 0) is 21.4 Å². The normalized spacial score (nSPS) is 19.5. The number of carbonyl (C=O) groups is 4. The number of ether oxygens (including phenoxy) is 1. The number of anilines is 3. The molecule has 5 aliphatic rings. The Balaban J connectivity index is 0.652. The molecule has 4 saturated heterocycles. The van der Waals surface area contributed by atoms with Gasteiger partial charge >= 0.3 is 12.1 Å². The highest BCUT2D eigenvalue weighted by atomic mass is 19.1. The van der Waals surface area contributed by atoms with Crippen LogP contribution in [0.5, 0.6) is 0 Å². The summed E-state index contributed by atoms with van der Waals surface area (Å²) in [7, 11) is 1.65. The molecule has 0 bridgehead atoms. The van der Waals surface area contributed by atoms with Crippen molar-refractivity contribution in [1.82, 2.24) is 64.7 Å². The number of aryl methyl sites for hydroxylation is 2. The molecule has 5 aromatic heterocycles. The molecule has 0 unspecified atom stereocenters. The van der Waals surface area contributed by atoms with E-state index < -0.39 is 17.9 Å². The minimum absolute atomic E-state index is 0.00927. The Kier molecular flexibility index (Phi) is 12.0. The second kappa shape index (κ2) is 18.5. The Bertz CT molecular complexity index is 3080. The number of carbonyl (C=O) groups excluding carboxylic acids is 4. The van der Waals surface area contributed by atoms with Crippen molar-refractivity contribution in [3.63, 3.8) is 0 Å². The zero-order chi connectivity index (χ0) is 49.2. The first-order valence-electron chi connectivity index (χ1n) is 24.6. The highest BCUT2D eigenvalue weighted by Crippen LogP contribution is 2.48. The number of nitrogens with one attached hydrogen (secondary N) is 1. The van der Waals surface area contributed by atoms with Gasteiger partial charge in [0.15, 0.2) is 35.5 Å². The van der Waals surface area contributed by atoms with Gasteiger partial charge in [-0.05, 0) is 82.4 Å². The Morgan fingerprint density at radius 3 is 2.44 bits per heavy atom. The van der Waals surface area contributed by atoms with E-state index in [1.54, 1.807) is 29.0 Å². The van der Waals surface area contributed by atoms with Crippen molar-refractivity contribution in [3.05, 3.63) is 47.5 Å². The highest BCUT2D eigenvalue weighted by molar-refractivity contribution is 6.09. The molecule has 372 valence electrons. The molecular weight excluding hydrogens is 916 g/mol. The van der Waals surface area contributed by atoms with E-state index in [1.165, 1.54) is 15.9 Å². The number of nitrogens with zero attached hydrogens (tertiary/aromatic N) is 14. The van der Waals surface area contributed by atoms with Crippen LogP contribution < -0.4 is 20.9 Å². The summed E-state index contributed by atoms with van der Waals surface area (Å²) in [5.74, 6) is 1.52. The molecule has 0 radical (unpaired) electrons. The van der Waals surface area contributed by atoms with Crippen LogP contribution in [-0.4, -0.2) is 155 Å². The maximum Gasteiger partial charge on any atom is 0.410 e. The molecule has 4 aliphatic heterocycles. The van der Waals surface area contributed by atoms with Crippen LogP contribution >= 0.6 is 0 Å². The van der Waals surface area contributed by atoms with Gasteiger partial charge in [0.05, 0.1) is 16.6 Å². The predicted molar refractivity (Wildman–Crippen MR) is 258 cm³/mol. The van der Waals surface area contributed by atoms with Crippen LogP contribution in [0.3, 0.4) is 0 Å². The second-order valence-electron chi connectivity index (χ2n) is 19.7. The molecule has 9 heterocycles. The standard InChI is InChI=1S/C48H57FN16O6/c1-26(2)65-46-37(43(50)52-25-53-46)39(56-65)40-36(42(71-58-40)30-5-6-30)44-51-21-32(27(3)54-44)29-10-14-62(15-11-29)48(69)70-24-35(67)63-13-9-28(23-63)22-60-17-19-61(20-18-60)33-8-7-31-41(38(33)49)59(4)57-45(31)64-16-12-34(66)55-47(64)68/h7-8,21,25-26,28-30H,5-6,9-20,22-24H2,1-4H3,(H2,50,52,53)(H,55,66,68)/t28-/m1/s1. The fraction of sp³-hybridized carbons (Fsp3) is 0.521. The number of aromatic nitrogens is 9. The SMILES string of the molecule is Cc1nc(-c2c(-c3nn(C(C)C)c4ncnc(N)c34)noc2C2CC2)ncc1C1CCN(C(=O)OCC(=O)N2CC[C@H](CN3CCN(c4ccc5c(N6CCC(=O)NC6=O)nn(C)c5c4F)CC3)C2)CC1. The molecule has 11 rings (SSSR count). The summed E-state index contributed by atoms with van der Waals surface area (Å²) in [6.45, 7) is 11.5. The zero-order valence-electron chi connectivity index (χ0n) is 40.3. The average Bonchev–Trinajstić information content (AvgIpc) is 3.62. The number of likely N-dealkylation sites (tertiary alicyclic amines) is 2. The van der Waals surface area contributed by atoms with E-state index in [9.17, 15) is 19.2 Å². The topological polar surface area (TPSA) is 245 Å². The highest BCUT2D eigenvalue weighted by Gasteiger charge is 2.38. The van der Waals surface area contributed by atoms with Crippen molar-refractivity contribution in [3.8, 4) is 22.8 Å². The maximum absolute atomic E-state index is 16.1. The number of hydrogen-bond acceptors (Lipinski definition) is 16. The maximum atomic E-state index is 16.1. The molecular formula is C48H57FN16O6. The average molecular weight is 973 g/mol. The Morgan fingerprint density at radius 1 is 0.930 bits per heavy atom.